The van der Waals surface area contributed by atoms with Gasteiger partial charge in [-0.3, -0.25) is 9.36 Å². The van der Waals surface area contributed by atoms with Gasteiger partial charge in [0.2, 0.25) is 0 Å². The van der Waals surface area contributed by atoms with Crippen LogP contribution in [-0.4, -0.2) is 22.3 Å². The molecule has 1 atom stereocenters. The van der Waals surface area contributed by atoms with Crippen LogP contribution >= 0.6 is 0 Å². The minimum absolute atomic E-state index is 0.0871. The SMILES string of the molecule is CC(C)(C)c1cccc(OCC2Cn3ccc(=O)nc3O2)c1. The molecule has 2 heterocycles. The predicted molar refractivity (Wildman–Crippen MR) is 83.6 cm³/mol. The molecule has 1 aliphatic heterocycles. The molecule has 0 saturated heterocycles. The molecule has 0 N–H and O–H groups in total. The summed E-state index contributed by atoms with van der Waals surface area (Å²) >= 11 is 0. The van der Waals surface area contributed by atoms with E-state index >= 15 is 0 Å². The van der Waals surface area contributed by atoms with Crippen molar-refractivity contribution in [1.82, 2.24) is 9.55 Å². The summed E-state index contributed by atoms with van der Waals surface area (Å²) in [4.78, 5) is 15.0. The van der Waals surface area contributed by atoms with Crippen molar-refractivity contribution in [2.75, 3.05) is 6.61 Å². The third-order valence-electron chi connectivity index (χ3n) is 3.66. The maximum atomic E-state index is 11.2. The van der Waals surface area contributed by atoms with Crippen LogP contribution in [-0.2, 0) is 12.0 Å². The molecule has 0 fully saturated rings. The van der Waals surface area contributed by atoms with Crippen LogP contribution in [0.15, 0.2) is 41.3 Å². The van der Waals surface area contributed by atoms with Crippen molar-refractivity contribution in [1.29, 1.82) is 0 Å². The van der Waals surface area contributed by atoms with Gasteiger partial charge >= 0.3 is 0 Å². The molecule has 22 heavy (non-hydrogen) atoms. The van der Waals surface area contributed by atoms with Gasteiger partial charge in [0.1, 0.15) is 12.4 Å². The second-order valence-electron chi connectivity index (χ2n) is 6.53. The zero-order valence-corrected chi connectivity index (χ0v) is 13.1. The molecule has 1 aromatic carbocycles. The molecule has 1 aliphatic rings. The number of rotatable bonds is 3. The number of nitrogens with zero attached hydrogens (tertiary/aromatic N) is 2. The van der Waals surface area contributed by atoms with Gasteiger partial charge in [0.15, 0.2) is 6.10 Å². The molecular formula is C17H20N2O3. The number of hydrogen-bond acceptors (Lipinski definition) is 4. The lowest BCUT2D eigenvalue weighted by atomic mass is 9.87. The van der Waals surface area contributed by atoms with Crippen LogP contribution in [0.4, 0.5) is 0 Å². The van der Waals surface area contributed by atoms with E-state index in [1.807, 2.05) is 16.7 Å². The zero-order chi connectivity index (χ0) is 15.7. The van der Waals surface area contributed by atoms with Gasteiger partial charge < -0.3 is 9.47 Å². The molecule has 0 bridgehead atoms. The Kier molecular flexibility index (Phi) is 3.64. The standard InChI is InChI=1S/C17H20N2O3/c1-17(2,3)12-5-4-6-13(9-12)21-11-14-10-19-8-7-15(20)18-16(19)22-14/h4-9,14H,10-11H2,1-3H3. The molecule has 1 aromatic heterocycles. The van der Waals surface area contributed by atoms with Gasteiger partial charge in [0, 0.05) is 12.3 Å². The second kappa shape index (κ2) is 5.48. The maximum Gasteiger partial charge on any atom is 0.300 e. The van der Waals surface area contributed by atoms with Gasteiger partial charge in [0.05, 0.1) is 6.54 Å². The lowest BCUT2D eigenvalue weighted by Gasteiger charge is -2.20. The molecule has 0 saturated carbocycles. The molecule has 0 spiro atoms. The third-order valence-corrected chi connectivity index (χ3v) is 3.66. The molecule has 2 aromatic rings. The average Bonchev–Trinajstić information content (AvgIpc) is 2.86. The summed E-state index contributed by atoms with van der Waals surface area (Å²) in [6.45, 7) is 7.58. The van der Waals surface area contributed by atoms with E-state index in [1.54, 1.807) is 6.20 Å². The largest absolute Gasteiger partial charge is 0.490 e. The van der Waals surface area contributed by atoms with Crippen LogP contribution in [0.3, 0.4) is 0 Å². The van der Waals surface area contributed by atoms with Gasteiger partial charge in [-0.25, -0.2) is 0 Å². The maximum absolute atomic E-state index is 11.2. The molecule has 5 nitrogen and oxygen atoms in total. The molecule has 0 aliphatic carbocycles. The fourth-order valence-corrected chi connectivity index (χ4v) is 2.38. The molecule has 3 rings (SSSR count). The fourth-order valence-electron chi connectivity index (χ4n) is 2.38. The number of ether oxygens (including phenoxy) is 2. The van der Waals surface area contributed by atoms with Gasteiger partial charge in [-0.05, 0) is 23.1 Å². The minimum atomic E-state index is -0.286. The molecule has 1 unspecified atom stereocenters. The van der Waals surface area contributed by atoms with E-state index in [0.717, 1.165) is 5.75 Å². The monoisotopic (exact) mass is 300 g/mol. The molecule has 5 heteroatoms. The highest BCUT2D eigenvalue weighted by Gasteiger charge is 2.24. The van der Waals surface area contributed by atoms with Crippen molar-refractivity contribution in [3.8, 4) is 11.8 Å². The number of fused-ring (bicyclic) bond motifs is 1. The Morgan fingerprint density at radius 2 is 2.18 bits per heavy atom. The summed E-state index contributed by atoms with van der Waals surface area (Å²) in [6.07, 6.45) is 1.57. The van der Waals surface area contributed by atoms with Gasteiger partial charge in [-0.1, -0.05) is 32.9 Å². The molecule has 0 amide bonds. The zero-order valence-electron chi connectivity index (χ0n) is 13.1. The van der Waals surface area contributed by atoms with E-state index in [-0.39, 0.29) is 17.1 Å². The summed E-state index contributed by atoms with van der Waals surface area (Å²) < 4.78 is 13.3. The van der Waals surface area contributed by atoms with E-state index in [4.69, 9.17) is 9.47 Å². The van der Waals surface area contributed by atoms with Crippen LogP contribution < -0.4 is 15.0 Å². The summed E-state index contributed by atoms with van der Waals surface area (Å²) in [5.41, 5.74) is 1.03. The van der Waals surface area contributed by atoms with Crippen molar-refractivity contribution in [3.05, 3.63) is 52.4 Å². The molecule has 0 radical (unpaired) electrons. The summed E-state index contributed by atoms with van der Waals surface area (Å²) in [5.74, 6) is 0.828. The lowest BCUT2D eigenvalue weighted by Crippen LogP contribution is -2.23. The van der Waals surface area contributed by atoms with Crippen LogP contribution in [0, 0.1) is 0 Å². The quantitative estimate of drug-likeness (QED) is 0.873. The Labute approximate surface area is 129 Å². The fraction of sp³-hybridized carbons (Fsp3) is 0.412. The Hall–Kier alpha value is -2.30. The normalized spacial score (nSPS) is 17.0. The van der Waals surface area contributed by atoms with Crippen molar-refractivity contribution in [2.45, 2.75) is 38.8 Å². The highest BCUT2D eigenvalue weighted by atomic mass is 16.6. The highest BCUT2D eigenvalue weighted by Crippen LogP contribution is 2.26. The summed E-state index contributed by atoms with van der Waals surface area (Å²) in [6, 6.07) is 9.90. The molecule has 116 valence electrons. The van der Waals surface area contributed by atoms with E-state index in [0.29, 0.717) is 19.2 Å². The highest BCUT2D eigenvalue weighted by molar-refractivity contribution is 5.32. The van der Waals surface area contributed by atoms with Crippen LogP contribution in [0.2, 0.25) is 0 Å². The smallest absolute Gasteiger partial charge is 0.300 e. The Morgan fingerprint density at radius 3 is 2.95 bits per heavy atom. The number of benzene rings is 1. The van der Waals surface area contributed by atoms with E-state index < -0.39 is 0 Å². The van der Waals surface area contributed by atoms with Crippen LogP contribution in [0.1, 0.15) is 26.3 Å². The van der Waals surface area contributed by atoms with Gasteiger partial charge in [0.25, 0.3) is 11.6 Å². The van der Waals surface area contributed by atoms with Crippen molar-refractivity contribution in [2.24, 2.45) is 0 Å². The third kappa shape index (κ3) is 3.13. The molecular weight excluding hydrogens is 280 g/mol. The Morgan fingerprint density at radius 1 is 1.36 bits per heavy atom. The average molecular weight is 300 g/mol. The lowest BCUT2D eigenvalue weighted by molar-refractivity contribution is 0.143. The van der Waals surface area contributed by atoms with Gasteiger partial charge in [-0.2, -0.15) is 4.98 Å². The number of aromatic nitrogens is 2. The van der Waals surface area contributed by atoms with Gasteiger partial charge in [-0.15, -0.1) is 0 Å². The summed E-state index contributed by atoms with van der Waals surface area (Å²) in [5, 5.41) is 0. The van der Waals surface area contributed by atoms with Crippen molar-refractivity contribution in [3.63, 3.8) is 0 Å². The first-order valence-electron chi connectivity index (χ1n) is 7.39. The Balaban J connectivity index is 1.64. The first kappa shape index (κ1) is 14.6. The van der Waals surface area contributed by atoms with E-state index in [2.05, 4.69) is 37.9 Å². The predicted octanol–water partition coefficient (Wildman–Crippen LogP) is 2.38. The van der Waals surface area contributed by atoms with Crippen LogP contribution in [0.25, 0.3) is 0 Å². The van der Waals surface area contributed by atoms with E-state index in [1.165, 1.54) is 11.6 Å². The Bertz CT molecular complexity index is 731. The van der Waals surface area contributed by atoms with Crippen molar-refractivity contribution >= 4 is 0 Å². The second-order valence-corrected chi connectivity index (χ2v) is 6.53. The first-order valence-corrected chi connectivity index (χ1v) is 7.39. The van der Waals surface area contributed by atoms with Crippen molar-refractivity contribution < 1.29 is 9.47 Å². The van der Waals surface area contributed by atoms with E-state index in [9.17, 15) is 4.79 Å². The number of hydrogen-bond donors (Lipinski definition) is 0. The topological polar surface area (TPSA) is 53.4 Å². The van der Waals surface area contributed by atoms with Crippen LogP contribution in [0.5, 0.6) is 11.8 Å². The first-order chi connectivity index (χ1) is 10.4. The minimum Gasteiger partial charge on any atom is -0.490 e. The summed E-state index contributed by atoms with van der Waals surface area (Å²) in [7, 11) is 0.